The van der Waals surface area contributed by atoms with Crippen LogP contribution in [0.25, 0.3) is 6.08 Å². The van der Waals surface area contributed by atoms with E-state index < -0.39 is 0 Å². The number of likely N-dealkylation sites (N-methyl/N-ethyl adjacent to an activating group) is 1. The molecule has 16 heavy (non-hydrogen) atoms. The molecular weight excluding hydrogens is 206 g/mol. The van der Waals surface area contributed by atoms with Crippen LogP contribution in [0.1, 0.15) is 12.5 Å². The van der Waals surface area contributed by atoms with Gasteiger partial charge in [0.25, 0.3) is 0 Å². The molecule has 0 bridgehead atoms. The normalized spacial score (nSPS) is 13.1. The van der Waals surface area contributed by atoms with Crippen molar-refractivity contribution >= 4 is 12.0 Å². The Morgan fingerprint density at radius 2 is 2.25 bits per heavy atom. The van der Waals surface area contributed by atoms with Crippen molar-refractivity contribution in [2.24, 2.45) is 0 Å². The summed E-state index contributed by atoms with van der Waals surface area (Å²) in [5.41, 5.74) is 0.913. The minimum atomic E-state index is -0.0971. The molecule has 0 unspecified atom stereocenters. The maximum atomic E-state index is 11.2. The number of ether oxygens (including phenoxy) is 2. The van der Waals surface area contributed by atoms with E-state index in [1.165, 1.54) is 6.08 Å². The van der Waals surface area contributed by atoms with Gasteiger partial charge in [0.2, 0.25) is 12.7 Å². The fourth-order valence-electron chi connectivity index (χ4n) is 1.42. The molecule has 0 spiro atoms. The molecule has 1 aromatic rings. The van der Waals surface area contributed by atoms with Crippen LogP contribution in [0.2, 0.25) is 0 Å². The molecule has 0 aliphatic carbocycles. The highest BCUT2D eigenvalue weighted by atomic mass is 16.7. The fourth-order valence-corrected chi connectivity index (χ4v) is 1.42. The predicted octanol–water partition coefficient (Wildman–Crippen LogP) is 1.56. The Balaban J connectivity index is 2.08. The number of benzene rings is 1. The predicted molar refractivity (Wildman–Crippen MR) is 60.3 cm³/mol. The molecule has 2 rings (SSSR count). The molecule has 1 aliphatic rings. The van der Waals surface area contributed by atoms with Crippen molar-refractivity contribution in [3.05, 3.63) is 29.8 Å². The first kappa shape index (κ1) is 10.5. The van der Waals surface area contributed by atoms with Crippen molar-refractivity contribution in [3.63, 3.8) is 0 Å². The Kier molecular flexibility index (Phi) is 3.10. The first-order chi connectivity index (χ1) is 7.79. The smallest absolute Gasteiger partial charge is 0.243 e. The second kappa shape index (κ2) is 4.70. The summed E-state index contributed by atoms with van der Waals surface area (Å²) in [4.78, 5) is 11.2. The Hall–Kier alpha value is -1.97. The van der Waals surface area contributed by atoms with Gasteiger partial charge in [0.15, 0.2) is 11.5 Å². The maximum Gasteiger partial charge on any atom is 0.243 e. The number of rotatable bonds is 3. The minimum Gasteiger partial charge on any atom is -0.454 e. The fraction of sp³-hybridized carbons (Fsp3) is 0.250. The van der Waals surface area contributed by atoms with Gasteiger partial charge in [0.05, 0.1) is 0 Å². The number of carbonyl (C=O) groups is 1. The molecule has 1 aromatic carbocycles. The number of amides is 1. The van der Waals surface area contributed by atoms with Gasteiger partial charge in [-0.2, -0.15) is 0 Å². The van der Waals surface area contributed by atoms with Gasteiger partial charge in [0.1, 0.15) is 0 Å². The van der Waals surface area contributed by atoms with Crippen LogP contribution in [-0.2, 0) is 4.79 Å². The van der Waals surface area contributed by atoms with Crippen LogP contribution >= 0.6 is 0 Å². The summed E-state index contributed by atoms with van der Waals surface area (Å²) < 4.78 is 10.4. The molecule has 0 fully saturated rings. The molecule has 4 nitrogen and oxygen atoms in total. The van der Waals surface area contributed by atoms with Crippen LogP contribution in [0.4, 0.5) is 0 Å². The Labute approximate surface area is 93.9 Å². The number of nitrogens with one attached hydrogen (secondary N) is 1. The van der Waals surface area contributed by atoms with Crippen molar-refractivity contribution < 1.29 is 14.3 Å². The average molecular weight is 219 g/mol. The second-order valence-corrected chi connectivity index (χ2v) is 3.34. The molecule has 0 radical (unpaired) electrons. The van der Waals surface area contributed by atoms with E-state index in [1.807, 2.05) is 25.1 Å². The van der Waals surface area contributed by atoms with Crippen LogP contribution < -0.4 is 14.8 Å². The molecule has 4 heteroatoms. The van der Waals surface area contributed by atoms with E-state index in [0.29, 0.717) is 6.54 Å². The standard InChI is InChI=1S/C12H13NO3/c1-2-13-12(14)6-4-9-3-5-10-11(7-9)16-8-15-10/h3-7H,2,8H2,1H3,(H,13,14)/b6-4+. The van der Waals surface area contributed by atoms with Crippen LogP contribution in [0.3, 0.4) is 0 Å². The number of hydrogen-bond donors (Lipinski definition) is 1. The first-order valence-corrected chi connectivity index (χ1v) is 5.15. The van der Waals surface area contributed by atoms with E-state index in [1.54, 1.807) is 6.08 Å². The third kappa shape index (κ3) is 2.34. The third-order valence-corrected chi connectivity index (χ3v) is 2.17. The molecule has 0 saturated heterocycles. The lowest BCUT2D eigenvalue weighted by Gasteiger charge is -1.98. The zero-order valence-electron chi connectivity index (χ0n) is 9.03. The van der Waals surface area contributed by atoms with Gasteiger partial charge >= 0.3 is 0 Å². The highest BCUT2D eigenvalue weighted by molar-refractivity contribution is 5.91. The highest BCUT2D eigenvalue weighted by Gasteiger charge is 2.12. The summed E-state index contributed by atoms with van der Waals surface area (Å²) in [5, 5.41) is 2.69. The summed E-state index contributed by atoms with van der Waals surface area (Å²) in [6, 6.07) is 5.56. The van der Waals surface area contributed by atoms with Crippen molar-refractivity contribution in [3.8, 4) is 11.5 Å². The summed E-state index contributed by atoms with van der Waals surface area (Å²) in [7, 11) is 0. The minimum absolute atomic E-state index is 0.0971. The van der Waals surface area contributed by atoms with Crippen molar-refractivity contribution in [2.75, 3.05) is 13.3 Å². The topological polar surface area (TPSA) is 47.6 Å². The highest BCUT2D eigenvalue weighted by Crippen LogP contribution is 2.32. The van der Waals surface area contributed by atoms with E-state index in [9.17, 15) is 4.79 Å². The van der Waals surface area contributed by atoms with Gasteiger partial charge in [-0.1, -0.05) is 6.07 Å². The summed E-state index contributed by atoms with van der Waals surface area (Å²) >= 11 is 0. The van der Waals surface area contributed by atoms with Crippen molar-refractivity contribution in [2.45, 2.75) is 6.92 Å². The zero-order chi connectivity index (χ0) is 11.4. The number of hydrogen-bond acceptors (Lipinski definition) is 3. The Bertz CT molecular complexity index is 426. The largest absolute Gasteiger partial charge is 0.454 e. The SMILES string of the molecule is CCNC(=O)/C=C/c1ccc2c(c1)OCO2. The second-order valence-electron chi connectivity index (χ2n) is 3.34. The summed E-state index contributed by atoms with van der Waals surface area (Å²) in [5.74, 6) is 1.37. The molecular formula is C12H13NO3. The zero-order valence-corrected chi connectivity index (χ0v) is 9.03. The lowest BCUT2D eigenvalue weighted by Crippen LogP contribution is -2.19. The number of carbonyl (C=O) groups excluding carboxylic acids is 1. The maximum absolute atomic E-state index is 11.2. The van der Waals surface area contributed by atoms with Crippen molar-refractivity contribution in [1.82, 2.24) is 5.32 Å². The van der Waals surface area contributed by atoms with Gasteiger partial charge in [-0.15, -0.1) is 0 Å². The van der Waals surface area contributed by atoms with E-state index in [4.69, 9.17) is 9.47 Å². The summed E-state index contributed by atoms with van der Waals surface area (Å²) in [6.07, 6.45) is 3.24. The van der Waals surface area contributed by atoms with Crippen molar-refractivity contribution in [1.29, 1.82) is 0 Å². The van der Waals surface area contributed by atoms with E-state index >= 15 is 0 Å². The lowest BCUT2D eigenvalue weighted by molar-refractivity contribution is -0.116. The van der Waals surface area contributed by atoms with Gasteiger partial charge in [-0.25, -0.2) is 0 Å². The third-order valence-electron chi connectivity index (χ3n) is 2.17. The molecule has 1 amide bonds. The van der Waals surface area contributed by atoms with Gasteiger partial charge in [-0.05, 0) is 30.7 Å². The van der Waals surface area contributed by atoms with Gasteiger partial charge < -0.3 is 14.8 Å². The van der Waals surface area contributed by atoms with Crippen LogP contribution in [0.5, 0.6) is 11.5 Å². The molecule has 0 atom stereocenters. The molecule has 1 N–H and O–H groups in total. The van der Waals surface area contributed by atoms with E-state index in [2.05, 4.69) is 5.32 Å². The van der Waals surface area contributed by atoms with E-state index in [-0.39, 0.29) is 12.7 Å². The molecule has 84 valence electrons. The van der Waals surface area contributed by atoms with Crippen LogP contribution in [0, 0.1) is 0 Å². The molecule has 0 aromatic heterocycles. The van der Waals surface area contributed by atoms with Gasteiger partial charge in [0, 0.05) is 12.6 Å². The lowest BCUT2D eigenvalue weighted by atomic mass is 10.2. The van der Waals surface area contributed by atoms with E-state index in [0.717, 1.165) is 17.1 Å². The monoisotopic (exact) mass is 219 g/mol. The average Bonchev–Trinajstić information content (AvgIpc) is 2.74. The van der Waals surface area contributed by atoms with Crippen LogP contribution in [0.15, 0.2) is 24.3 Å². The Morgan fingerprint density at radius 1 is 1.44 bits per heavy atom. The summed E-state index contributed by atoms with van der Waals surface area (Å²) in [6.45, 7) is 2.77. The molecule has 1 aliphatic heterocycles. The Morgan fingerprint density at radius 3 is 3.06 bits per heavy atom. The quantitative estimate of drug-likeness (QED) is 0.785. The first-order valence-electron chi connectivity index (χ1n) is 5.15. The van der Waals surface area contributed by atoms with Crippen LogP contribution in [-0.4, -0.2) is 19.2 Å². The number of fused-ring (bicyclic) bond motifs is 1. The molecule has 1 heterocycles. The van der Waals surface area contributed by atoms with Gasteiger partial charge in [-0.3, -0.25) is 4.79 Å². The molecule has 0 saturated carbocycles.